The molecule has 0 unspecified atom stereocenters. The van der Waals surface area contributed by atoms with Crippen molar-refractivity contribution in [2.24, 2.45) is 10.6 Å². The first-order valence-corrected chi connectivity index (χ1v) is 8.62. The van der Waals surface area contributed by atoms with E-state index in [0.717, 1.165) is 5.56 Å². The Labute approximate surface area is 148 Å². The summed E-state index contributed by atoms with van der Waals surface area (Å²) in [7, 11) is 0. The summed E-state index contributed by atoms with van der Waals surface area (Å²) >= 11 is 0. The molecule has 0 saturated carbocycles. The van der Waals surface area contributed by atoms with E-state index in [-0.39, 0.29) is 26.1 Å². The van der Waals surface area contributed by atoms with E-state index < -0.39 is 17.4 Å². The molecule has 25 heavy (non-hydrogen) atoms. The van der Waals surface area contributed by atoms with Crippen LogP contribution in [0.1, 0.15) is 45.6 Å². The van der Waals surface area contributed by atoms with Gasteiger partial charge >= 0.3 is 11.9 Å². The van der Waals surface area contributed by atoms with Crippen LogP contribution in [0.15, 0.2) is 35.5 Å². The Hall–Kier alpha value is -2.37. The molecule has 0 saturated heterocycles. The lowest BCUT2D eigenvalue weighted by Gasteiger charge is -2.28. The fourth-order valence-electron chi connectivity index (χ4n) is 2.64. The van der Waals surface area contributed by atoms with Gasteiger partial charge in [-0.1, -0.05) is 42.4 Å². The molecule has 0 aliphatic heterocycles. The highest BCUT2D eigenvalue weighted by molar-refractivity contribution is 6.04. The third kappa shape index (κ3) is 5.59. The third-order valence-electron chi connectivity index (χ3n) is 4.13. The van der Waals surface area contributed by atoms with Crippen molar-refractivity contribution in [2.45, 2.75) is 46.5 Å². The van der Waals surface area contributed by atoms with Crippen molar-refractivity contribution in [3.05, 3.63) is 35.9 Å². The van der Waals surface area contributed by atoms with E-state index in [9.17, 15) is 14.8 Å². The number of nitrogens with zero attached hydrogens (tertiary/aromatic N) is 1. The van der Waals surface area contributed by atoms with Crippen molar-refractivity contribution >= 4 is 17.7 Å². The lowest BCUT2D eigenvalue weighted by Crippen LogP contribution is -2.43. The maximum atomic E-state index is 12.5. The van der Waals surface area contributed by atoms with Gasteiger partial charge in [0.05, 0.1) is 18.9 Å². The average Bonchev–Trinajstić information content (AvgIpc) is 2.63. The second kappa shape index (κ2) is 10.5. The molecule has 0 amide bonds. The monoisotopic (exact) mass is 349 g/mol. The summed E-state index contributed by atoms with van der Waals surface area (Å²) < 4.78 is 10.2. The molecule has 0 bridgehead atoms. The number of carbonyl (C=O) groups excluding carboxylic acids is 2. The van der Waals surface area contributed by atoms with Crippen LogP contribution in [0.25, 0.3) is 0 Å². The molecule has 0 aliphatic rings. The number of benzene rings is 1. The third-order valence-corrected chi connectivity index (χ3v) is 4.13. The minimum Gasteiger partial charge on any atom is -0.465 e. The molecule has 6 nitrogen and oxygen atoms in total. The highest BCUT2D eigenvalue weighted by Gasteiger charge is 2.48. The Morgan fingerprint density at radius 1 is 1.04 bits per heavy atom. The average molecular weight is 349 g/mol. The van der Waals surface area contributed by atoms with Crippen molar-refractivity contribution in [2.75, 3.05) is 13.2 Å². The largest absolute Gasteiger partial charge is 0.465 e. The molecule has 0 aliphatic carbocycles. The number of rotatable bonds is 10. The lowest BCUT2D eigenvalue weighted by molar-refractivity contribution is -0.171. The molecular weight excluding hydrogens is 322 g/mol. The molecule has 6 heteroatoms. The quantitative estimate of drug-likeness (QED) is 0.230. The van der Waals surface area contributed by atoms with Gasteiger partial charge in [-0.3, -0.25) is 9.59 Å². The number of ether oxygens (including phenoxy) is 2. The summed E-state index contributed by atoms with van der Waals surface area (Å²) in [4.78, 5) is 25.0. The second-order valence-electron chi connectivity index (χ2n) is 5.71. The van der Waals surface area contributed by atoms with Crippen LogP contribution in [0.4, 0.5) is 0 Å². The summed E-state index contributed by atoms with van der Waals surface area (Å²) in [5.41, 5.74) is -0.0330. The molecule has 0 fully saturated rings. The number of oxime groups is 1. The predicted octanol–water partition coefficient (Wildman–Crippen LogP) is 3.36. The highest BCUT2D eigenvalue weighted by Crippen LogP contribution is 2.32. The minimum absolute atomic E-state index is 0.0233. The van der Waals surface area contributed by atoms with Gasteiger partial charge < -0.3 is 14.7 Å². The van der Waals surface area contributed by atoms with Gasteiger partial charge in [-0.15, -0.1) is 0 Å². The number of carbonyl (C=O) groups is 2. The van der Waals surface area contributed by atoms with Crippen LogP contribution in [0.2, 0.25) is 0 Å². The van der Waals surface area contributed by atoms with Gasteiger partial charge in [0.25, 0.3) is 0 Å². The molecule has 1 rings (SSSR count). The molecule has 1 N–H and O–H groups in total. The minimum atomic E-state index is -1.48. The Kier molecular flexibility index (Phi) is 8.67. The first kappa shape index (κ1) is 20.7. The van der Waals surface area contributed by atoms with Crippen LogP contribution >= 0.6 is 0 Å². The molecule has 0 spiro atoms. The summed E-state index contributed by atoms with van der Waals surface area (Å²) in [6.45, 7) is 5.41. The van der Waals surface area contributed by atoms with E-state index in [1.54, 1.807) is 20.8 Å². The zero-order valence-electron chi connectivity index (χ0n) is 15.2. The van der Waals surface area contributed by atoms with Crippen LogP contribution in [0, 0.1) is 5.41 Å². The summed E-state index contributed by atoms with van der Waals surface area (Å²) in [6, 6.07) is 9.73. The first-order valence-electron chi connectivity index (χ1n) is 8.62. The summed E-state index contributed by atoms with van der Waals surface area (Å²) in [6.07, 6.45) is 1.26. The summed E-state index contributed by atoms with van der Waals surface area (Å²) in [5, 5.41) is 12.7. The Morgan fingerprint density at radius 3 is 2.04 bits per heavy atom. The van der Waals surface area contributed by atoms with Gasteiger partial charge in [0.1, 0.15) is 0 Å². The first-order chi connectivity index (χ1) is 12.0. The van der Waals surface area contributed by atoms with E-state index in [1.807, 2.05) is 30.3 Å². The van der Waals surface area contributed by atoms with Crippen LogP contribution in [0.5, 0.6) is 0 Å². The Bertz CT molecular complexity index is 565. The van der Waals surface area contributed by atoms with Gasteiger partial charge in [-0.2, -0.15) is 0 Å². The molecule has 1 aromatic rings. The van der Waals surface area contributed by atoms with E-state index in [0.29, 0.717) is 18.6 Å². The van der Waals surface area contributed by atoms with Gasteiger partial charge in [-0.05, 0) is 38.7 Å². The molecule has 0 radical (unpaired) electrons. The fourth-order valence-corrected chi connectivity index (χ4v) is 2.64. The molecule has 0 aromatic heterocycles. The normalized spacial score (nSPS) is 11.9. The van der Waals surface area contributed by atoms with Gasteiger partial charge in [0.15, 0.2) is 5.41 Å². The van der Waals surface area contributed by atoms with Crippen molar-refractivity contribution < 1.29 is 24.3 Å². The Balaban J connectivity index is 2.96. The van der Waals surface area contributed by atoms with Crippen LogP contribution < -0.4 is 0 Å². The van der Waals surface area contributed by atoms with Crippen molar-refractivity contribution in [3.8, 4) is 0 Å². The fraction of sp³-hybridized carbons (Fsp3) is 0.526. The zero-order valence-corrected chi connectivity index (χ0v) is 15.2. The van der Waals surface area contributed by atoms with Crippen LogP contribution in [-0.4, -0.2) is 36.1 Å². The number of hydrogen-bond acceptors (Lipinski definition) is 6. The maximum Gasteiger partial charge on any atom is 0.323 e. The Morgan fingerprint density at radius 2 is 1.60 bits per heavy atom. The smallest absolute Gasteiger partial charge is 0.323 e. The zero-order chi connectivity index (χ0) is 18.7. The lowest BCUT2D eigenvalue weighted by atomic mass is 9.79. The molecule has 0 heterocycles. The molecule has 1 aromatic carbocycles. The second-order valence-corrected chi connectivity index (χ2v) is 5.71. The van der Waals surface area contributed by atoms with Crippen LogP contribution in [-0.2, 0) is 25.5 Å². The van der Waals surface area contributed by atoms with Crippen molar-refractivity contribution in [1.29, 1.82) is 0 Å². The highest BCUT2D eigenvalue weighted by atomic mass is 16.6. The van der Waals surface area contributed by atoms with Gasteiger partial charge in [0, 0.05) is 6.42 Å². The molecule has 138 valence electrons. The topological polar surface area (TPSA) is 85.2 Å². The standard InChI is InChI=1S/C19H27NO5/c1-4-19(17(21)24-5-2,18(22)25-6-3)14-16(20-23)13-12-15-10-8-7-9-11-15/h7-11,23H,4-6,12-14H2,1-3H3/b20-16-. The van der Waals surface area contributed by atoms with E-state index in [2.05, 4.69) is 5.16 Å². The number of aryl methyl sites for hydroxylation is 1. The van der Waals surface area contributed by atoms with E-state index in [1.165, 1.54) is 0 Å². The van der Waals surface area contributed by atoms with Gasteiger partial charge in [-0.25, -0.2) is 0 Å². The van der Waals surface area contributed by atoms with Crippen LogP contribution in [0.3, 0.4) is 0 Å². The van der Waals surface area contributed by atoms with Gasteiger partial charge in [0.2, 0.25) is 0 Å². The number of hydrogen-bond donors (Lipinski definition) is 1. The van der Waals surface area contributed by atoms with E-state index in [4.69, 9.17) is 9.47 Å². The van der Waals surface area contributed by atoms with Crippen molar-refractivity contribution in [3.63, 3.8) is 0 Å². The SMILES string of the molecule is CCOC(=O)C(CC)(C/C(CCc1ccccc1)=N\O)C(=O)OCC. The van der Waals surface area contributed by atoms with E-state index >= 15 is 0 Å². The maximum absolute atomic E-state index is 12.5. The summed E-state index contributed by atoms with van der Waals surface area (Å²) in [5.74, 6) is -1.28. The molecule has 0 atom stereocenters. The molecular formula is C19H27NO5. The number of esters is 2. The predicted molar refractivity (Wildman–Crippen MR) is 94.6 cm³/mol. The van der Waals surface area contributed by atoms with Crippen molar-refractivity contribution in [1.82, 2.24) is 0 Å².